The molecule has 134 valence electrons. The molecule has 1 aliphatic heterocycles. The van der Waals surface area contributed by atoms with Crippen molar-refractivity contribution in [2.24, 2.45) is 0 Å². The lowest BCUT2D eigenvalue weighted by atomic mass is 9.83. The molecular weight excluding hydrogens is 338 g/mol. The molecule has 0 spiro atoms. The van der Waals surface area contributed by atoms with Gasteiger partial charge < -0.3 is 10.6 Å². The molecule has 1 heterocycles. The number of piperidine rings is 1. The Labute approximate surface area is 134 Å². The van der Waals surface area contributed by atoms with E-state index >= 15 is 0 Å². The van der Waals surface area contributed by atoms with Gasteiger partial charge in [0.25, 0.3) is 0 Å². The minimum absolute atomic E-state index is 0.138. The summed E-state index contributed by atoms with van der Waals surface area (Å²) < 4.78 is 74.7. The molecule has 1 aromatic carbocycles. The van der Waals surface area contributed by atoms with Gasteiger partial charge in [-0.2, -0.15) is 26.3 Å². The molecule has 0 saturated carbocycles. The zero-order valence-corrected chi connectivity index (χ0v) is 12.6. The van der Waals surface area contributed by atoms with Crippen molar-refractivity contribution in [2.75, 3.05) is 6.54 Å². The molecule has 3 unspecified atom stereocenters. The Morgan fingerprint density at radius 2 is 1.71 bits per heavy atom. The largest absolute Gasteiger partial charge is 0.471 e. The topological polar surface area (TPSA) is 41.1 Å². The van der Waals surface area contributed by atoms with Crippen LogP contribution in [0.2, 0.25) is 0 Å². The highest BCUT2D eigenvalue weighted by Crippen LogP contribution is 2.33. The summed E-state index contributed by atoms with van der Waals surface area (Å²) in [4.78, 5) is 11.0. The molecule has 2 N–H and O–H groups in total. The van der Waals surface area contributed by atoms with Gasteiger partial charge in [-0.1, -0.05) is 12.1 Å². The summed E-state index contributed by atoms with van der Waals surface area (Å²) in [6.45, 7) is 1.96. The highest BCUT2D eigenvalue weighted by Gasteiger charge is 2.41. The van der Waals surface area contributed by atoms with Crippen LogP contribution in [0.15, 0.2) is 24.3 Å². The smallest absolute Gasteiger partial charge is 0.344 e. The molecule has 1 aliphatic rings. The molecule has 3 nitrogen and oxygen atoms in total. The maximum Gasteiger partial charge on any atom is 0.471 e. The van der Waals surface area contributed by atoms with Crippen molar-refractivity contribution in [3.63, 3.8) is 0 Å². The van der Waals surface area contributed by atoms with E-state index in [-0.39, 0.29) is 24.9 Å². The third-order valence-corrected chi connectivity index (χ3v) is 4.09. The summed E-state index contributed by atoms with van der Waals surface area (Å²) >= 11 is 0. The first-order valence-corrected chi connectivity index (χ1v) is 7.26. The van der Waals surface area contributed by atoms with Crippen LogP contribution in [0, 0.1) is 0 Å². The van der Waals surface area contributed by atoms with Gasteiger partial charge in [0.1, 0.15) is 0 Å². The number of hydrogen-bond acceptors (Lipinski definition) is 2. The van der Waals surface area contributed by atoms with E-state index in [1.165, 1.54) is 12.1 Å². The normalized spacial score (nSPS) is 25.4. The Morgan fingerprint density at radius 1 is 1.12 bits per heavy atom. The number of hydrogen-bond donors (Lipinski definition) is 2. The van der Waals surface area contributed by atoms with Crippen molar-refractivity contribution < 1.29 is 31.1 Å². The first kappa shape index (κ1) is 18.6. The molecule has 2 rings (SSSR count). The third-order valence-electron chi connectivity index (χ3n) is 4.09. The van der Waals surface area contributed by atoms with Gasteiger partial charge in [0.05, 0.1) is 5.56 Å². The van der Waals surface area contributed by atoms with Crippen LogP contribution in [0.1, 0.15) is 30.4 Å². The van der Waals surface area contributed by atoms with Gasteiger partial charge in [-0.25, -0.2) is 0 Å². The van der Waals surface area contributed by atoms with E-state index in [1.807, 2.05) is 5.32 Å². The number of carbonyl (C=O) groups is 1. The molecule has 9 heteroatoms. The third kappa shape index (κ3) is 4.40. The Morgan fingerprint density at radius 3 is 2.21 bits per heavy atom. The molecule has 1 amide bonds. The van der Waals surface area contributed by atoms with Crippen molar-refractivity contribution in [3.8, 4) is 0 Å². The zero-order valence-electron chi connectivity index (χ0n) is 12.6. The van der Waals surface area contributed by atoms with Crippen LogP contribution in [0.25, 0.3) is 0 Å². The minimum atomic E-state index is -4.97. The molecule has 1 saturated heterocycles. The van der Waals surface area contributed by atoms with Crippen molar-refractivity contribution in [1.29, 1.82) is 0 Å². The van der Waals surface area contributed by atoms with Crippen molar-refractivity contribution in [2.45, 2.75) is 43.7 Å². The van der Waals surface area contributed by atoms with E-state index < -0.39 is 29.9 Å². The van der Waals surface area contributed by atoms with Gasteiger partial charge in [-0.15, -0.1) is 0 Å². The molecular formula is C15H16F6N2O. The quantitative estimate of drug-likeness (QED) is 0.801. The Kier molecular flexibility index (Phi) is 5.12. The average Bonchev–Trinajstić information content (AvgIpc) is 2.47. The van der Waals surface area contributed by atoms with Crippen molar-refractivity contribution >= 4 is 5.91 Å². The van der Waals surface area contributed by atoms with Crippen LogP contribution in [-0.4, -0.2) is 30.7 Å². The van der Waals surface area contributed by atoms with Gasteiger partial charge in [0, 0.05) is 24.5 Å². The highest BCUT2D eigenvalue weighted by molar-refractivity contribution is 5.82. The molecule has 0 aromatic heterocycles. The first-order valence-electron chi connectivity index (χ1n) is 7.26. The number of carbonyl (C=O) groups excluding carboxylic acids is 1. The number of nitrogens with one attached hydrogen (secondary N) is 2. The summed E-state index contributed by atoms with van der Waals surface area (Å²) in [5, 5.41) is 4.89. The van der Waals surface area contributed by atoms with Gasteiger partial charge in [0.2, 0.25) is 0 Å². The van der Waals surface area contributed by atoms with E-state index in [9.17, 15) is 31.1 Å². The Hall–Kier alpha value is -1.77. The molecule has 24 heavy (non-hydrogen) atoms. The van der Waals surface area contributed by atoms with Crippen LogP contribution >= 0.6 is 0 Å². The molecule has 1 aromatic rings. The SMILES string of the molecule is CC1NCC(NC(=O)C(F)(F)F)CC1c1ccc(C(F)(F)F)cc1. The summed E-state index contributed by atoms with van der Waals surface area (Å²) in [7, 11) is 0. The molecule has 0 radical (unpaired) electrons. The summed E-state index contributed by atoms with van der Waals surface area (Å²) in [5.74, 6) is -2.32. The summed E-state index contributed by atoms with van der Waals surface area (Å²) in [6, 6.07) is 3.64. The maximum atomic E-state index is 12.6. The lowest BCUT2D eigenvalue weighted by molar-refractivity contribution is -0.174. The lowest BCUT2D eigenvalue weighted by Crippen LogP contribution is -2.54. The standard InChI is InChI=1S/C15H16F6N2O/c1-8-12(9-2-4-10(5-3-9)14(16,17)18)6-11(7-22-8)23-13(24)15(19,20)21/h2-5,8,11-12,22H,6-7H2,1H3,(H,23,24). The van der Waals surface area contributed by atoms with Gasteiger partial charge in [0.15, 0.2) is 0 Å². The summed E-state index contributed by atoms with van der Waals surface area (Å²) in [6.07, 6.45) is -9.20. The molecule has 1 fully saturated rings. The molecule has 0 aliphatic carbocycles. The van der Waals surface area contributed by atoms with Crippen molar-refractivity contribution in [1.82, 2.24) is 10.6 Å². The fraction of sp³-hybridized carbons (Fsp3) is 0.533. The fourth-order valence-electron chi connectivity index (χ4n) is 2.79. The van der Waals surface area contributed by atoms with E-state index in [2.05, 4.69) is 5.32 Å². The van der Waals surface area contributed by atoms with E-state index in [1.54, 1.807) is 6.92 Å². The van der Waals surface area contributed by atoms with Crippen LogP contribution in [0.4, 0.5) is 26.3 Å². The number of halogens is 6. The summed E-state index contributed by atoms with van der Waals surface area (Å²) in [5.41, 5.74) is -0.210. The Balaban J connectivity index is 2.10. The molecule has 3 atom stereocenters. The number of benzene rings is 1. The van der Waals surface area contributed by atoms with Crippen LogP contribution < -0.4 is 10.6 Å². The second-order valence-corrected chi connectivity index (χ2v) is 5.83. The average molecular weight is 354 g/mol. The maximum absolute atomic E-state index is 12.6. The van der Waals surface area contributed by atoms with Crippen LogP contribution in [-0.2, 0) is 11.0 Å². The van der Waals surface area contributed by atoms with Crippen molar-refractivity contribution in [3.05, 3.63) is 35.4 Å². The van der Waals surface area contributed by atoms with Crippen LogP contribution in [0.5, 0.6) is 0 Å². The van der Waals surface area contributed by atoms with Gasteiger partial charge >= 0.3 is 18.3 Å². The van der Waals surface area contributed by atoms with Crippen LogP contribution in [0.3, 0.4) is 0 Å². The lowest BCUT2D eigenvalue weighted by Gasteiger charge is -2.36. The minimum Gasteiger partial charge on any atom is -0.344 e. The zero-order chi connectivity index (χ0) is 18.1. The fourth-order valence-corrected chi connectivity index (χ4v) is 2.79. The second kappa shape index (κ2) is 6.62. The number of rotatable bonds is 2. The van der Waals surface area contributed by atoms with E-state index in [4.69, 9.17) is 0 Å². The predicted molar refractivity (Wildman–Crippen MR) is 74.3 cm³/mol. The Bertz CT molecular complexity index is 581. The van der Waals surface area contributed by atoms with E-state index in [0.717, 1.165) is 12.1 Å². The predicted octanol–water partition coefficient (Wildman–Crippen LogP) is 3.22. The van der Waals surface area contributed by atoms with Gasteiger partial charge in [-0.3, -0.25) is 4.79 Å². The second-order valence-electron chi connectivity index (χ2n) is 5.83. The number of alkyl halides is 6. The van der Waals surface area contributed by atoms with Gasteiger partial charge in [-0.05, 0) is 31.0 Å². The number of amides is 1. The first-order chi connectivity index (χ1) is 11.0. The van der Waals surface area contributed by atoms with E-state index in [0.29, 0.717) is 5.56 Å². The molecule has 0 bridgehead atoms. The highest BCUT2D eigenvalue weighted by atomic mass is 19.4. The monoisotopic (exact) mass is 354 g/mol.